The molecule has 0 radical (unpaired) electrons. The van der Waals surface area contributed by atoms with E-state index in [4.69, 9.17) is 0 Å². The van der Waals surface area contributed by atoms with Crippen LogP contribution in [0.1, 0.15) is 22.9 Å². The summed E-state index contributed by atoms with van der Waals surface area (Å²) in [5.74, 6) is -1.15. The van der Waals surface area contributed by atoms with Crippen LogP contribution in [-0.4, -0.2) is 12.0 Å². The molecule has 0 bridgehead atoms. The van der Waals surface area contributed by atoms with Crippen molar-refractivity contribution in [1.82, 2.24) is 10.3 Å². The van der Waals surface area contributed by atoms with Gasteiger partial charge in [-0.3, -0.25) is 4.98 Å². The summed E-state index contributed by atoms with van der Waals surface area (Å²) in [6.07, 6.45) is 1.66. The Balaban J connectivity index is 2.49. The predicted octanol–water partition coefficient (Wildman–Crippen LogP) is 2.98. The van der Waals surface area contributed by atoms with Crippen molar-refractivity contribution in [2.24, 2.45) is 0 Å². The van der Waals surface area contributed by atoms with E-state index in [9.17, 15) is 8.78 Å². The van der Waals surface area contributed by atoms with Crippen molar-refractivity contribution in [2.75, 3.05) is 7.05 Å². The van der Waals surface area contributed by atoms with Crippen LogP contribution in [0, 0.1) is 18.6 Å². The molecule has 1 N–H and O–H groups in total. The third-order valence-corrected chi connectivity index (χ3v) is 2.89. The number of rotatable bonds is 3. The van der Waals surface area contributed by atoms with Crippen molar-refractivity contribution < 1.29 is 8.78 Å². The van der Waals surface area contributed by atoms with E-state index in [2.05, 4.69) is 10.3 Å². The fraction of sp³-hybridized carbons (Fsp3) is 0.214. The van der Waals surface area contributed by atoms with E-state index in [1.165, 1.54) is 12.1 Å². The van der Waals surface area contributed by atoms with Crippen molar-refractivity contribution in [1.29, 1.82) is 0 Å². The summed E-state index contributed by atoms with van der Waals surface area (Å²) in [5.41, 5.74) is 2.09. The first kappa shape index (κ1) is 12.6. The molecule has 0 aliphatic carbocycles. The lowest BCUT2D eigenvalue weighted by Gasteiger charge is -2.18. The first-order valence-electron chi connectivity index (χ1n) is 5.67. The third kappa shape index (κ3) is 2.38. The molecule has 2 rings (SSSR count). The predicted molar refractivity (Wildman–Crippen MR) is 66.2 cm³/mol. The van der Waals surface area contributed by atoms with Crippen LogP contribution in [-0.2, 0) is 0 Å². The van der Waals surface area contributed by atoms with Gasteiger partial charge in [0.25, 0.3) is 0 Å². The average Bonchev–Trinajstić information content (AvgIpc) is 2.34. The van der Waals surface area contributed by atoms with Gasteiger partial charge in [-0.2, -0.15) is 0 Å². The number of pyridine rings is 1. The minimum atomic E-state index is -0.580. The highest BCUT2D eigenvalue weighted by atomic mass is 19.1. The van der Waals surface area contributed by atoms with E-state index in [-0.39, 0.29) is 6.04 Å². The smallest absolute Gasteiger partial charge is 0.131 e. The van der Waals surface area contributed by atoms with Crippen molar-refractivity contribution >= 4 is 0 Å². The van der Waals surface area contributed by atoms with Crippen LogP contribution in [0.25, 0.3) is 0 Å². The maximum atomic E-state index is 13.8. The van der Waals surface area contributed by atoms with Crippen LogP contribution < -0.4 is 5.32 Å². The SMILES string of the molecule is CNC(c1ccc(F)cc1F)c1ncccc1C. The van der Waals surface area contributed by atoms with E-state index >= 15 is 0 Å². The monoisotopic (exact) mass is 248 g/mol. The molecule has 0 amide bonds. The standard InChI is InChI=1S/C14H14F2N2/c1-9-4-3-7-18-13(9)14(17-2)11-6-5-10(15)8-12(11)16/h3-8,14,17H,1-2H3. The Kier molecular flexibility index (Phi) is 3.67. The molecule has 4 heteroatoms. The molecule has 94 valence electrons. The summed E-state index contributed by atoms with van der Waals surface area (Å²) < 4.78 is 26.7. The van der Waals surface area contributed by atoms with E-state index in [1.54, 1.807) is 13.2 Å². The van der Waals surface area contributed by atoms with Crippen molar-refractivity contribution in [3.05, 3.63) is 65.0 Å². The Labute approximate surface area is 105 Å². The molecule has 1 aromatic carbocycles. The summed E-state index contributed by atoms with van der Waals surface area (Å²) >= 11 is 0. The van der Waals surface area contributed by atoms with Gasteiger partial charge in [0.1, 0.15) is 11.6 Å². The second kappa shape index (κ2) is 5.23. The second-order valence-corrected chi connectivity index (χ2v) is 4.09. The van der Waals surface area contributed by atoms with Crippen molar-refractivity contribution in [3.63, 3.8) is 0 Å². The molecule has 1 aromatic heterocycles. The zero-order valence-corrected chi connectivity index (χ0v) is 10.2. The maximum Gasteiger partial charge on any atom is 0.131 e. The molecule has 1 unspecified atom stereocenters. The number of hydrogen-bond acceptors (Lipinski definition) is 2. The molecule has 0 saturated heterocycles. The van der Waals surface area contributed by atoms with Crippen molar-refractivity contribution in [3.8, 4) is 0 Å². The minimum absolute atomic E-state index is 0.383. The zero-order valence-electron chi connectivity index (χ0n) is 10.2. The van der Waals surface area contributed by atoms with Crippen LogP contribution in [0.2, 0.25) is 0 Å². The van der Waals surface area contributed by atoms with Gasteiger partial charge in [0.05, 0.1) is 11.7 Å². The largest absolute Gasteiger partial charge is 0.308 e. The summed E-state index contributed by atoms with van der Waals surface area (Å²) in [6, 6.07) is 6.94. The number of aryl methyl sites for hydroxylation is 1. The van der Waals surface area contributed by atoms with E-state index in [1.807, 2.05) is 19.1 Å². The Morgan fingerprint density at radius 3 is 2.61 bits per heavy atom. The van der Waals surface area contributed by atoms with Crippen LogP contribution in [0.5, 0.6) is 0 Å². The maximum absolute atomic E-state index is 13.8. The fourth-order valence-electron chi connectivity index (χ4n) is 1.98. The molecule has 2 aromatic rings. The van der Waals surface area contributed by atoms with Gasteiger partial charge in [0.2, 0.25) is 0 Å². The number of hydrogen-bond donors (Lipinski definition) is 1. The van der Waals surface area contributed by atoms with Crippen LogP contribution in [0.3, 0.4) is 0 Å². The molecule has 18 heavy (non-hydrogen) atoms. The van der Waals surface area contributed by atoms with Gasteiger partial charge in [-0.05, 0) is 31.7 Å². The topological polar surface area (TPSA) is 24.9 Å². The molecule has 0 aliphatic heterocycles. The number of halogens is 2. The first-order valence-corrected chi connectivity index (χ1v) is 5.67. The summed E-state index contributed by atoms with van der Waals surface area (Å²) in [6.45, 7) is 1.91. The quantitative estimate of drug-likeness (QED) is 0.903. The Hall–Kier alpha value is -1.81. The van der Waals surface area contributed by atoms with E-state index in [0.717, 1.165) is 17.3 Å². The Bertz CT molecular complexity index is 555. The van der Waals surface area contributed by atoms with E-state index < -0.39 is 11.6 Å². The van der Waals surface area contributed by atoms with Gasteiger partial charge < -0.3 is 5.32 Å². The molecule has 2 nitrogen and oxygen atoms in total. The Morgan fingerprint density at radius 1 is 1.22 bits per heavy atom. The third-order valence-electron chi connectivity index (χ3n) is 2.89. The number of aromatic nitrogens is 1. The van der Waals surface area contributed by atoms with Gasteiger partial charge in [0.15, 0.2) is 0 Å². The lowest BCUT2D eigenvalue weighted by molar-refractivity contribution is 0.547. The van der Waals surface area contributed by atoms with Gasteiger partial charge in [0, 0.05) is 17.8 Å². The van der Waals surface area contributed by atoms with Gasteiger partial charge in [-0.25, -0.2) is 8.78 Å². The second-order valence-electron chi connectivity index (χ2n) is 4.09. The van der Waals surface area contributed by atoms with Crippen LogP contribution in [0.15, 0.2) is 36.5 Å². The van der Waals surface area contributed by atoms with Crippen LogP contribution in [0.4, 0.5) is 8.78 Å². The fourth-order valence-corrected chi connectivity index (χ4v) is 1.98. The zero-order chi connectivity index (χ0) is 13.1. The number of nitrogens with zero attached hydrogens (tertiary/aromatic N) is 1. The van der Waals surface area contributed by atoms with Gasteiger partial charge >= 0.3 is 0 Å². The normalized spacial score (nSPS) is 12.4. The minimum Gasteiger partial charge on any atom is -0.308 e. The number of benzene rings is 1. The molecule has 0 spiro atoms. The molecule has 1 atom stereocenters. The highest BCUT2D eigenvalue weighted by molar-refractivity contribution is 5.33. The molecule has 0 saturated carbocycles. The molecular weight excluding hydrogens is 234 g/mol. The van der Waals surface area contributed by atoms with Crippen LogP contribution >= 0.6 is 0 Å². The van der Waals surface area contributed by atoms with E-state index in [0.29, 0.717) is 5.56 Å². The molecule has 1 heterocycles. The van der Waals surface area contributed by atoms with Crippen molar-refractivity contribution in [2.45, 2.75) is 13.0 Å². The average molecular weight is 248 g/mol. The molecule has 0 fully saturated rings. The Morgan fingerprint density at radius 2 is 2.00 bits per heavy atom. The highest BCUT2D eigenvalue weighted by Gasteiger charge is 2.19. The molecular formula is C14H14F2N2. The molecule has 0 aliphatic rings. The van der Waals surface area contributed by atoms with Gasteiger partial charge in [-0.1, -0.05) is 12.1 Å². The lowest BCUT2D eigenvalue weighted by Crippen LogP contribution is -2.21. The number of nitrogens with one attached hydrogen (secondary N) is 1. The first-order chi connectivity index (χ1) is 8.63. The summed E-state index contributed by atoms with van der Waals surface area (Å²) in [5, 5.41) is 3.01. The van der Waals surface area contributed by atoms with Gasteiger partial charge in [-0.15, -0.1) is 0 Å². The summed E-state index contributed by atoms with van der Waals surface area (Å²) in [7, 11) is 1.72. The lowest BCUT2D eigenvalue weighted by atomic mass is 9.99. The highest BCUT2D eigenvalue weighted by Crippen LogP contribution is 2.25. The summed E-state index contributed by atoms with van der Waals surface area (Å²) in [4.78, 5) is 4.27.